The predicted molar refractivity (Wildman–Crippen MR) is 83.7 cm³/mol. The second-order valence-electron chi connectivity index (χ2n) is 4.84. The van der Waals surface area contributed by atoms with Crippen molar-refractivity contribution in [1.29, 1.82) is 0 Å². The maximum Gasteiger partial charge on any atom is 0.352 e. The third-order valence-corrected chi connectivity index (χ3v) is 3.55. The number of carboxylic acid groups (broad SMARTS) is 1. The number of halogens is 1. The minimum Gasteiger partial charge on any atom is -0.477 e. The van der Waals surface area contributed by atoms with Crippen LogP contribution in [0.5, 0.6) is 0 Å². The van der Waals surface area contributed by atoms with Gasteiger partial charge in [0.15, 0.2) is 0 Å². The fraction of sp³-hybridized carbons (Fsp3) is 0.200. The number of H-pyrrole nitrogens is 1. The quantitative estimate of drug-likeness (QED) is 0.738. The van der Waals surface area contributed by atoms with E-state index in [1.807, 2.05) is 31.2 Å². The maximum absolute atomic E-state index is 10.9. The zero-order chi connectivity index (χ0) is 15.6. The molecule has 0 aliphatic carbocycles. The van der Waals surface area contributed by atoms with Crippen molar-refractivity contribution in [3.63, 3.8) is 0 Å². The van der Waals surface area contributed by atoms with Gasteiger partial charge in [-0.2, -0.15) is 0 Å². The lowest BCUT2D eigenvalue weighted by molar-refractivity contribution is -0.115. The van der Waals surface area contributed by atoms with Gasteiger partial charge in [-0.15, -0.1) is 0 Å². The first-order valence-corrected chi connectivity index (χ1v) is 7.14. The lowest BCUT2D eigenvalue weighted by atomic mass is 10.2. The molecule has 0 atom stereocenters. The first kappa shape index (κ1) is 15.3. The number of aryl methyl sites for hydroxylation is 2. The normalized spacial score (nSPS) is 12.2. The molecule has 1 aromatic carbocycles. The molecular weight excluding hydrogens is 336 g/mol. The zero-order valence-corrected chi connectivity index (χ0v) is 13.2. The summed E-state index contributed by atoms with van der Waals surface area (Å²) in [5, 5.41) is 11.3. The van der Waals surface area contributed by atoms with Crippen molar-refractivity contribution in [2.24, 2.45) is 0 Å². The van der Waals surface area contributed by atoms with Gasteiger partial charge in [-0.1, -0.05) is 15.9 Å². The van der Waals surface area contributed by atoms with E-state index in [2.05, 4.69) is 26.2 Å². The maximum atomic E-state index is 10.9. The lowest BCUT2D eigenvalue weighted by Crippen LogP contribution is -2.03. The molecule has 0 unspecified atom stereocenters. The van der Waals surface area contributed by atoms with Gasteiger partial charge in [-0.05, 0) is 49.2 Å². The Hall–Kier alpha value is -2.08. The summed E-state index contributed by atoms with van der Waals surface area (Å²) in [7, 11) is 0. The van der Waals surface area contributed by atoms with Crippen LogP contribution in [0.1, 0.15) is 27.3 Å². The average molecular weight is 351 g/mol. The Kier molecular flexibility index (Phi) is 4.47. The second kappa shape index (κ2) is 6.13. The fourth-order valence-corrected chi connectivity index (χ4v) is 2.56. The molecule has 1 amide bonds. The van der Waals surface area contributed by atoms with Gasteiger partial charge >= 0.3 is 5.97 Å². The zero-order valence-electron chi connectivity index (χ0n) is 11.7. The SMILES string of the molecule is Cc1cc(C)c(C(=O)O)[nH]1.O=C1Cc2cc(Br)ccc2N1. The molecule has 6 heteroatoms. The van der Waals surface area contributed by atoms with Gasteiger partial charge in [-0.3, -0.25) is 4.79 Å². The van der Waals surface area contributed by atoms with Crippen LogP contribution in [0, 0.1) is 13.8 Å². The van der Waals surface area contributed by atoms with Crippen molar-refractivity contribution in [2.45, 2.75) is 20.3 Å². The number of rotatable bonds is 1. The monoisotopic (exact) mass is 350 g/mol. The number of carbonyl (C=O) groups is 2. The van der Waals surface area contributed by atoms with Crippen LogP contribution in [0.15, 0.2) is 28.7 Å². The summed E-state index contributed by atoms with van der Waals surface area (Å²) < 4.78 is 1.02. The summed E-state index contributed by atoms with van der Waals surface area (Å²) in [6.07, 6.45) is 0.509. The molecule has 2 aromatic rings. The van der Waals surface area contributed by atoms with Crippen LogP contribution in [0.25, 0.3) is 0 Å². The van der Waals surface area contributed by atoms with Crippen molar-refractivity contribution >= 4 is 33.5 Å². The van der Waals surface area contributed by atoms with E-state index in [0.29, 0.717) is 6.42 Å². The van der Waals surface area contributed by atoms with Crippen LogP contribution >= 0.6 is 15.9 Å². The molecule has 21 heavy (non-hydrogen) atoms. The molecule has 0 spiro atoms. The molecule has 3 N–H and O–H groups in total. The fourth-order valence-electron chi connectivity index (χ4n) is 2.15. The highest BCUT2D eigenvalue weighted by molar-refractivity contribution is 9.10. The first-order valence-electron chi connectivity index (χ1n) is 6.34. The molecule has 3 rings (SSSR count). The number of carbonyl (C=O) groups excluding carboxylic acids is 1. The number of carboxylic acids is 1. The van der Waals surface area contributed by atoms with Gasteiger partial charge in [0, 0.05) is 15.9 Å². The molecule has 0 radical (unpaired) electrons. The van der Waals surface area contributed by atoms with E-state index >= 15 is 0 Å². The first-order chi connectivity index (χ1) is 9.86. The number of amides is 1. The Morgan fingerprint density at radius 2 is 2.00 bits per heavy atom. The van der Waals surface area contributed by atoms with E-state index in [0.717, 1.165) is 27.0 Å². The minimum absolute atomic E-state index is 0.0816. The van der Waals surface area contributed by atoms with Crippen LogP contribution in [0.3, 0.4) is 0 Å². The molecule has 0 saturated carbocycles. The molecule has 1 aromatic heterocycles. The van der Waals surface area contributed by atoms with Crippen LogP contribution in [0.2, 0.25) is 0 Å². The molecule has 0 fully saturated rings. The van der Waals surface area contributed by atoms with E-state index < -0.39 is 5.97 Å². The molecule has 0 saturated heterocycles. The molecule has 0 bridgehead atoms. The van der Waals surface area contributed by atoms with Gasteiger partial charge in [0.25, 0.3) is 0 Å². The Morgan fingerprint density at radius 1 is 1.29 bits per heavy atom. The molecule has 5 nitrogen and oxygen atoms in total. The molecule has 1 aliphatic heterocycles. The highest BCUT2D eigenvalue weighted by Gasteiger charge is 2.16. The summed E-state index contributed by atoms with van der Waals surface area (Å²) in [6, 6.07) is 7.60. The highest BCUT2D eigenvalue weighted by atomic mass is 79.9. The summed E-state index contributed by atoms with van der Waals surface area (Å²) >= 11 is 3.35. The number of fused-ring (bicyclic) bond motifs is 1. The summed E-state index contributed by atoms with van der Waals surface area (Å²) in [6.45, 7) is 3.60. The number of hydrogen-bond acceptors (Lipinski definition) is 2. The number of aromatic nitrogens is 1. The van der Waals surface area contributed by atoms with Gasteiger partial charge in [0.1, 0.15) is 5.69 Å². The van der Waals surface area contributed by atoms with Gasteiger partial charge < -0.3 is 15.4 Å². The third-order valence-electron chi connectivity index (χ3n) is 3.06. The van der Waals surface area contributed by atoms with E-state index in [1.165, 1.54) is 0 Å². The molecule has 110 valence electrons. The number of aromatic amines is 1. The number of aromatic carboxylic acids is 1. The summed E-state index contributed by atoms with van der Waals surface area (Å²) in [4.78, 5) is 24.0. The van der Waals surface area contributed by atoms with E-state index in [9.17, 15) is 9.59 Å². The second-order valence-corrected chi connectivity index (χ2v) is 5.76. The van der Waals surface area contributed by atoms with E-state index in [4.69, 9.17) is 5.11 Å². The third kappa shape index (κ3) is 3.72. The summed E-state index contributed by atoms with van der Waals surface area (Å²) in [5.41, 5.74) is 3.97. The predicted octanol–water partition coefficient (Wildman–Crippen LogP) is 3.27. The summed E-state index contributed by atoms with van der Waals surface area (Å²) in [5.74, 6) is -0.816. The van der Waals surface area contributed by atoms with E-state index in [1.54, 1.807) is 6.92 Å². The van der Waals surface area contributed by atoms with Gasteiger partial charge in [0.05, 0.1) is 6.42 Å². The lowest BCUT2D eigenvalue weighted by Gasteiger charge is -1.96. The minimum atomic E-state index is -0.898. The topological polar surface area (TPSA) is 82.2 Å². The Morgan fingerprint density at radius 3 is 2.52 bits per heavy atom. The van der Waals surface area contributed by atoms with Crippen molar-refractivity contribution in [2.75, 3.05) is 5.32 Å². The largest absolute Gasteiger partial charge is 0.477 e. The Bertz CT molecular complexity index is 707. The van der Waals surface area contributed by atoms with Crippen LogP contribution in [0.4, 0.5) is 5.69 Å². The Balaban J connectivity index is 0.000000155. The number of anilines is 1. The van der Waals surface area contributed by atoms with Crippen molar-refractivity contribution in [3.05, 3.63) is 51.3 Å². The van der Waals surface area contributed by atoms with Gasteiger partial charge in [0.2, 0.25) is 5.91 Å². The van der Waals surface area contributed by atoms with Crippen LogP contribution in [-0.4, -0.2) is 22.0 Å². The smallest absolute Gasteiger partial charge is 0.352 e. The van der Waals surface area contributed by atoms with Crippen molar-refractivity contribution in [1.82, 2.24) is 4.98 Å². The highest BCUT2D eigenvalue weighted by Crippen LogP contribution is 2.25. The number of benzene rings is 1. The number of nitrogens with one attached hydrogen (secondary N) is 2. The van der Waals surface area contributed by atoms with Crippen LogP contribution < -0.4 is 5.32 Å². The number of hydrogen-bond donors (Lipinski definition) is 3. The standard InChI is InChI=1S/C8H6BrNO.C7H9NO2/c9-6-1-2-7-5(3-6)4-8(11)10-7;1-4-3-5(2)8-6(4)7(9)10/h1-3H,4H2,(H,10,11);3,8H,1-2H3,(H,9,10). The van der Waals surface area contributed by atoms with Crippen molar-refractivity contribution in [3.8, 4) is 0 Å². The van der Waals surface area contributed by atoms with Crippen molar-refractivity contribution < 1.29 is 14.7 Å². The van der Waals surface area contributed by atoms with Crippen LogP contribution in [-0.2, 0) is 11.2 Å². The average Bonchev–Trinajstić information content (AvgIpc) is 2.91. The molecular formula is C15H15BrN2O3. The Labute approximate surface area is 130 Å². The van der Waals surface area contributed by atoms with Gasteiger partial charge in [-0.25, -0.2) is 4.79 Å². The molecule has 2 heterocycles. The molecule has 1 aliphatic rings. The van der Waals surface area contributed by atoms with E-state index in [-0.39, 0.29) is 11.6 Å².